The summed E-state index contributed by atoms with van der Waals surface area (Å²) in [5.74, 6) is 0.810. The molecule has 0 aliphatic carbocycles. The number of nitrogens with one attached hydrogen (secondary N) is 1. The predicted octanol–water partition coefficient (Wildman–Crippen LogP) is 2.33. The molecule has 0 saturated heterocycles. The molecule has 1 atom stereocenters. The number of urea groups is 1. The number of benzene rings is 1. The van der Waals surface area contributed by atoms with Crippen molar-refractivity contribution in [3.63, 3.8) is 0 Å². The van der Waals surface area contributed by atoms with Crippen molar-refractivity contribution in [3.8, 4) is 5.75 Å². The number of aromatic nitrogens is 2. The lowest BCUT2D eigenvalue weighted by atomic mass is 10.1. The maximum Gasteiger partial charge on any atom is 0.318 e. The van der Waals surface area contributed by atoms with Crippen LogP contribution in [0.3, 0.4) is 0 Å². The van der Waals surface area contributed by atoms with Gasteiger partial charge in [-0.25, -0.2) is 4.79 Å². The molecule has 0 saturated carbocycles. The average molecular weight is 356 g/mol. The standard InChI is InChI=1S/C19H24N4O3/c1-3-26-15-6-4-14(5-7-15)18(13-25-2)22-19(24)23-11-8-16-17(12-23)21-10-9-20-16/h4-7,9-10,18H,3,8,11-13H2,1-2H3,(H,22,24)/t18-/m0/s1. The van der Waals surface area contributed by atoms with Crippen molar-refractivity contribution in [2.24, 2.45) is 0 Å². The van der Waals surface area contributed by atoms with Gasteiger partial charge in [-0.2, -0.15) is 0 Å². The van der Waals surface area contributed by atoms with Crippen LogP contribution in [0.25, 0.3) is 0 Å². The summed E-state index contributed by atoms with van der Waals surface area (Å²) in [7, 11) is 1.63. The molecule has 26 heavy (non-hydrogen) atoms. The van der Waals surface area contributed by atoms with Gasteiger partial charge in [0.1, 0.15) is 5.75 Å². The number of hydrogen-bond donors (Lipinski definition) is 1. The van der Waals surface area contributed by atoms with Crippen LogP contribution in [0.2, 0.25) is 0 Å². The summed E-state index contributed by atoms with van der Waals surface area (Å²) < 4.78 is 10.8. The summed E-state index contributed by atoms with van der Waals surface area (Å²) in [4.78, 5) is 23.1. The van der Waals surface area contributed by atoms with Crippen LogP contribution in [0.15, 0.2) is 36.7 Å². The first kappa shape index (κ1) is 18.1. The van der Waals surface area contributed by atoms with Gasteiger partial charge in [-0.15, -0.1) is 0 Å². The second kappa shape index (κ2) is 8.62. The van der Waals surface area contributed by atoms with E-state index in [9.17, 15) is 4.79 Å². The molecule has 2 aromatic rings. The van der Waals surface area contributed by atoms with Gasteiger partial charge in [0.15, 0.2) is 0 Å². The topological polar surface area (TPSA) is 76.6 Å². The van der Waals surface area contributed by atoms with Gasteiger partial charge in [0.2, 0.25) is 0 Å². The Labute approximate surface area is 153 Å². The van der Waals surface area contributed by atoms with E-state index in [0.29, 0.717) is 32.7 Å². The molecule has 1 aromatic heterocycles. The number of rotatable bonds is 6. The van der Waals surface area contributed by atoms with Crippen molar-refractivity contribution in [1.29, 1.82) is 0 Å². The third kappa shape index (κ3) is 4.29. The molecule has 0 unspecified atom stereocenters. The molecule has 3 rings (SSSR count). The third-order valence-electron chi connectivity index (χ3n) is 4.33. The maximum absolute atomic E-state index is 12.7. The van der Waals surface area contributed by atoms with Gasteiger partial charge in [0, 0.05) is 32.5 Å². The Morgan fingerprint density at radius 1 is 1.23 bits per heavy atom. The summed E-state index contributed by atoms with van der Waals surface area (Å²) in [6.45, 7) is 4.06. The summed E-state index contributed by atoms with van der Waals surface area (Å²) >= 11 is 0. The van der Waals surface area contributed by atoms with Gasteiger partial charge in [-0.3, -0.25) is 9.97 Å². The van der Waals surface area contributed by atoms with Crippen molar-refractivity contribution < 1.29 is 14.3 Å². The summed E-state index contributed by atoms with van der Waals surface area (Å²) in [5.41, 5.74) is 2.80. The van der Waals surface area contributed by atoms with Crippen LogP contribution in [-0.4, -0.2) is 47.8 Å². The molecule has 1 aliphatic heterocycles. The van der Waals surface area contributed by atoms with E-state index in [2.05, 4.69) is 15.3 Å². The third-order valence-corrected chi connectivity index (χ3v) is 4.33. The van der Waals surface area contributed by atoms with Gasteiger partial charge in [0.25, 0.3) is 0 Å². The molecule has 0 bridgehead atoms. The van der Waals surface area contributed by atoms with E-state index >= 15 is 0 Å². The minimum Gasteiger partial charge on any atom is -0.494 e. The Bertz CT molecular complexity index is 736. The lowest BCUT2D eigenvalue weighted by molar-refractivity contribution is 0.152. The van der Waals surface area contributed by atoms with Crippen LogP contribution in [0, 0.1) is 0 Å². The van der Waals surface area contributed by atoms with E-state index in [0.717, 1.165) is 22.7 Å². The first-order chi connectivity index (χ1) is 12.7. The zero-order chi connectivity index (χ0) is 18.4. The second-order valence-electron chi connectivity index (χ2n) is 6.08. The van der Waals surface area contributed by atoms with E-state index < -0.39 is 0 Å². The minimum absolute atomic E-state index is 0.128. The lowest BCUT2D eigenvalue weighted by Crippen LogP contribution is -2.45. The van der Waals surface area contributed by atoms with Gasteiger partial charge < -0.3 is 19.7 Å². The normalized spacial score (nSPS) is 14.5. The first-order valence-corrected chi connectivity index (χ1v) is 8.77. The Morgan fingerprint density at radius 2 is 1.96 bits per heavy atom. The van der Waals surface area contributed by atoms with Crippen LogP contribution in [-0.2, 0) is 17.7 Å². The number of nitrogens with zero attached hydrogens (tertiary/aromatic N) is 3. The van der Waals surface area contributed by atoms with E-state index in [1.165, 1.54) is 0 Å². The molecule has 1 aromatic carbocycles. The van der Waals surface area contributed by atoms with Crippen LogP contribution < -0.4 is 10.1 Å². The Balaban J connectivity index is 1.67. The predicted molar refractivity (Wildman–Crippen MR) is 96.9 cm³/mol. The van der Waals surface area contributed by atoms with Gasteiger partial charge in [0.05, 0.1) is 37.2 Å². The maximum atomic E-state index is 12.7. The monoisotopic (exact) mass is 356 g/mol. The number of carbonyl (C=O) groups excluding carboxylic acids is 1. The SMILES string of the molecule is CCOc1ccc([C@H](COC)NC(=O)N2CCc3nccnc3C2)cc1. The molecular weight excluding hydrogens is 332 g/mol. The fourth-order valence-electron chi connectivity index (χ4n) is 3.00. The average Bonchev–Trinajstić information content (AvgIpc) is 2.68. The number of carbonyl (C=O) groups is 1. The first-order valence-electron chi connectivity index (χ1n) is 8.77. The number of methoxy groups -OCH3 is 1. The Hall–Kier alpha value is -2.67. The zero-order valence-corrected chi connectivity index (χ0v) is 15.1. The quantitative estimate of drug-likeness (QED) is 0.860. The number of amides is 2. The second-order valence-corrected chi connectivity index (χ2v) is 6.08. The Morgan fingerprint density at radius 3 is 2.65 bits per heavy atom. The molecule has 0 spiro atoms. The molecule has 2 heterocycles. The van der Waals surface area contributed by atoms with Crippen molar-refractivity contribution in [2.45, 2.75) is 25.9 Å². The summed E-state index contributed by atoms with van der Waals surface area (Å²) in [6.07, 6.45) is 4.07. The fraction of sp³-hybridized carbons (Fsp3) is 0.421. The molecule has 2 amide bonds. The van der Waals surface area contributed by atoms with E-state index in [4.69, 9.17) is 9.47 Å². The highest BCUT2D eigenvalue weighted by atomic mass is 16.5. The molecular formula is C19H24N4O3. The van der Waals surface area contributed by atoms with Gasteiger partial charge in [-0.1, -0.05) is 12.1 Å². The zero-order valence-electron chi connectivity index (χ0n) is 15.1. The number of fused-ring (bicyclic) bond motifs is 1. The highest BCUT2D eigenvalue weighted by Crippen LogP contribution is 2.20. The van der Waals surface area contributed by atoms with Crippen molar-refractivity contribution in [2.75, 3.05) is 26.9 Å². The molecule has 1 N–H and O–H groups in total. The van der Waals surface area contributed by atoms with Crippen LogP contribution >= 0.6 is 0 Å². The molecule has 7 nitrogen and oxygen atoms in total. The Kier molecular flexibility index (Phi) is 6.01. The van der Waals surface area contributed by atoms with E-state index in [-0.39, 0.29) is 12.1 Å². The molecule has 7 heteroatoms. The molecule has 0 fully saturated rings. The van der Waals surface area contributed by atoms with Crippen LogP contribution in [0.4, 0.5) is 4.79 Å². The summed E-state index contributed by atoms with van der Waals surface area (Å²) in [5, 5.41) is 3.06. The van der Waals surface area contributed by atoms with Crippen LogP contribution in [0.1, 0.15) is 29.9 Å². The lowest BCUT2D eigenvalue weighted by Gasteiger charge is -2.29. The largest absolute Gasteiger partial charge is 0.494 e. The van der Waals surface area contributed by atoms with Gasteiger partial charge >= 0.3 is 6.03 Å². The number of ether oxygens (including phenoxy) is 2. The van der Waals surface area contributed by atoms with E-state index in [1.54, 1.807) is 24.4 Å². The van der Waals surface area contributed by atoms with E-state index in [1.807, 2.05) is 31.2 Å². The minimum atomic E-state index is -0.230. The van der Waals surface area contributed by atoms with Crippen molar-refractivity contribution in [3.05, 3.63) is 53.6 Å². The summed E-state index contributed by atoms with van der Waals surface area (Å²) in [6, 6.07) is 7.35. The molecule has 138 valence electrons. The van der Waals surface area contributed by atoms with Gasteiger partial charge in [-0.05, 0) is 24.6 Å². The van der Waals surface area contributed by atoms with Crippen LogP contribution in [0.5, 0.6) is 5.75 Å². The number of hydrogen-bond acceptors (Lipinski definition) is 5. The highest BCUT2D eigenvalue weighted by molar-refractivity contribution is 5.75. The molecule has 1 aliphatic rings. The van der Waals surface area contributed by atoms with Crippen molar-refractivity contribution >= 4 is 6.03 Å². The fourth-order valence-corrected chi connectivity index (χ4v) is 3.00. The van der Waals surface area contributed by atoms with Crippen molar-refractivity contribution in [1.82, 2.24) is 20.2 Å². The molecule has 0 radical (unpaired) electrons. The highest BCUT2D eigenvalue weighted by Gasteiger charge is 2.24. The smallest absolute Gasteiger partial charge is 0.318 e.